The molecule has 6 nitrogen and oxygen atoms in total. The van der Waals surface area contributed by atoms with Gasteiger partial charge in [-0.1, -0.05) is 29.8 Å². The minimum atomic E-state index is -4.69. The molecule has 2 aromatic rings. The molecule has 0 fully saturated rings. The lowest BCUT2D eigenvalue weighted by Crippen LogP contribution is -2.41. The highest BCUT2D eigenvalue weighted by Gasteiger charge is 2.33. The summed E-state index contributed by atoms with van der Waals surface area (Å²) in [5.74, 6) is -0.129. The van der Waals surface area contributed by atoms with Crippen molar-refractivity contribution in [3.8, 4) is 5.75 Å². The third-order valence-corrected chi connectivity index (χ3v) is 5.11. The van der Waals surface area contributed by atoms with Gasteiger partial charge in [0.1, 0.15) is 18.9 Å². The molecule has 0 saturated heterocycles. The fourth-order valence-corrected chi connectivity index (χ4v) is 3.45. The molecular formula is C18H18ClF3N2O4S. The number of hydrogen-bond acceptors (Lipinski definition) is 4. The van der Waals surface area contributed by atoms with E-state index in [1.165, 1.54) is 0 Å². The molecule has 0 bridgehead atoms. The first-order valence-corrected chi connectivity index (χ1v) is 10.5. The van der Waals surface area contributed by atoms with E-state index in [2.05, 4.69) is 5.32 Å². The van der Waals surface area contributed by atoms with E-state index >= 15 is 0 Å². The van der Waals surface area contributed by atoms with Crippen LogP contribution in [0.4, 0.5) is 18.9 Å². The van der Waals surface area contributed by atoms with Crippen molar-refractivity contribution in [3.63, 3.8) is 0 Å². The number of sulfonamides is 1. The number of amides is 1. The fraction of sp³-hybridized carbons (Fsp3) is 0.278. The Hall–Kier alpha value is -2.46. The number of benzene rings is 2. The van der Waals surface area contributed by atoms with Crippen LogP contribution in [0.5, 0.6) is 5.75 Å². The highest BCUT2D eigenvalue weighted by atomic mass is 35.5. The molecule has 0 aliphatic rings. The Morgan fingerprint density at radius 1 is 1.17 bits per heavy atom. The normalized spacial score (nSPS) is 11.8. The Morgan fingerprint density at radius 3 is 2.41 bits per heavy atom. The SMILES string of the molecule is CS(=O)(=O)N(CC(=O)NCCOc1ccccc1)c1cc(C(F)(F)F)ccc1Cl. The van der Waals surface area contributed by atoms with Crippen molar-refractivity contribution in [2.45, 2.75) is 6.18 Å². The van der Waals surface area contributed by atoms with E-state index in [1.807, 2.05) is 6.07 Å². The molecule has 0 radical (unpaired) electrons. The van der Waals surface area contributed by atoms with Gasteiger partial charge in [-0.05, 0) is 30.3 Å². The van der Waals surface area contributed by atoms with Gasteiger partial charge >= 0.3 is 6.18 Å². The number of carbonyl (C=O) groups is 1. The Morgan fingerprint density at radius 2 is 1.83 bits per heavy atom. The molecule has 0 saturated carbocycles. The highest BCUT2D eigenvalue weighted by molar-refractivity contribution is 7.92. The number of para-hydroxylation sites is 1. The zero-order valence-corrected chi connectivity index (χ0v) is 16.8. The van der Waals surface area contributed by atoms with E-state index in [9.17, 15) is 26.4 Å². The van der Waals surface area contributed by atoms with Crippen LogP contribution in [0.1, 0.15) is 5.56 Å². The number of nitrogens with one attached hydrogen (secondary N) is 1. The van der Waals surface area contributed by atoms with Crippen molar-refractivity contribution in [2.75, 3.05) is 30.3 Å². The molecule has 1 amide bonds. The van der Waals surface area contributed by atoms with Crippen LogP contribution in [0.15, 0.2) is 48.5 Å². The van der Waals surface area contributed by atoms with E-state index in [-0.39, 0.29) is 18.2 Å². The molecule has 11 heteroatoms. The first kappa shape index (κ1) is 22.8. The summed E-state index contributed by atoms with van der Waals surface area (Å²) in [6, 6.07) is 11.1. The van der Waals surface area contributed by atoms with Gasteiger partial charge in [0.2, 0.25) is 15.9 Å². The zero-order chi connectivity index (χ0) is 21.7. The number of hydrogen-bond donors (Lipinski definition) is 1. The fourth-order valence-electron chi connectivity index (χ4n) is 2.32. The minimum absolute atomic E-state index is 0.0711. The highest BCUT2D eigenvalue weighted by Crippen LogP contribution is 2.36. The van der Waals surface area contributed by atoms with Crippen LogP contribution in [-0.2, 0) is 21.0 Å². The number of rotatable bonds is 8. The molecule has 0 spiro atoms. The summed E-state index contributed by atoms with van der Waals surface area (Å²) < 4.78 is 69.0. The molecule has 0 aliphatic heterocycles. The first-order valence-electron chi connectivity index (χ1n) is 8.27. The summed E-state index contributed by atoms with van der Waals surface area (Å²) in [5.41, 5.74) is -1.51. The van der Waals surface area contributed by atoms with Crippen molar-refractivity contribution in [1.82, 2.24) is 5.32 Å². The lowest BCUT2D eigenvalue weighted by atomic mass is 10.2. The lowest BCUT2D eigenvalue weighted by Gasteiger charge is -2.24. The maximum atomic E-state index is 13.0. The van der Waals surface area contributed by atoms with Crippen LogP contribution >= 0.6 is 11.6 Å². The Kier molecular flexibility index (Phi) is 7.37. The molecule has 29 heavy (non-hydrogen) atoms. The third kappa shape index (κ3) is 6.82. The second-order valence-corrected chi connectivity index (χ2v) is 8.26. The number of ether oxygens (including phenoxy) is 1. The number of anilines is 1. The Labute approximate surface area is 171 Å². The van der Waals surface area contributed by atoms with Gasteiger partial charge in [0.05, 0.1) is 29.1 Å². The van der Waals surface area contributed by atoms with Gasteiger partial charge in [-0.15, -0.1) is 0 Å². The molecule has 158 valence electrons. The van der Waals surface area contributed by atoms with Crippen molar-refractivity contribution in [2.24, 2.45) is 0 Å². The van der Waals surface area contributed by atoms with Crippen molar-refractivity contribution < 1.29 is 31.1 Å². The van der Waals surface area contributed by atoms with Crippen molar-refractivity contribution in [1.29, 1.82) is 0 Å². The summed E-state index contributed by atoms with van der Waals surface area (Å²) in [5, 5.41) is 2.22. The van der Waals surface area contributed by atoms with Gasteiger partial charge in [0.25, 0.3) is 0 Å². The number of nitrogens with zero attached hydrogens (tertiary/aromatic N) is 1. The summed E-state index contributed by atoms with van der Waals surface area (Å²) in [4.78, 5) is 12.1. The maximum Gasteiger partial charge on any atom is 0.416 e. The van der Waals surface area contributed by atoms with Gasteiger partial charge in [-0.25, -0.2) is 8.42 Å². The standard InChI is InChI=1S/C18H18ClF3N2O4S/c1-29(26,27)24(16-11-13(18(20,21)22)7-8-15(16)19)12-17(25)23-9-10-28-14-5-3-2-4-6-14/h2-8,11H,9-10,12H2,1H3,(H,23,25). The molecule has 2 aromatic carbocycles. The van der Waals surface area contributed by atoms with E-state index in [0.717, 1.165) is 18.4 Å². The van der Waals surface area contributed by atoms with Crippen LogP contribution in [0, 0.1) is 0 Å². The van der Waals surface area contributed by atoms with Crippen molar-refractivity contribution in [3.05, 3.63) is 59.1 Å². The molecule has 0 aromatic heterocycles. The number of halogens is 4. The van der Waals surface area contributed by atoms with Crippen LogP contribution in [0.2, 0.25) is 5.02 Å². The van der Waals surface area contributed by atoms with Gasteiger partial charge in [-0.3, -0.25) is 9.10 Å². The second-order valence-electron chi connectivity index (χ2n) is 5.95. The summed E-state index contributed by atoms with van der Waals surface area (Å²) >= 11 is 5.90. The van der Waals surface area contributed by atoms with Gasteiger partial charge in [-0.2, -0.15) is 13.2 Å². The van der Waals surface area contributed by atoms with Crippen LogP contribution in [-0.4, -0.2) is 40.3 Å². The van der Waals surface area contributed by atoms with E-state index in [4.69, 9.17) is 16.3 Å². The van der Waals surface area contributed by atoms with Crippen LogP contribution in [0.25, 0.3) is 0 Å². The minimum Gasteiger partial charge on any atom is -0.492 e. The average molecular weight is 451 g/mol. The molecule has 0 unspecified atom stereocenters. The summed E-state index contributed by atoms with van der Waals surface area (Å²) in [6.07, 6.45) is -3.92. The predicted octanol–water partition coefficient (Wildman–Crippen LogP) is 3.32. The van der Waals surface area contributed by atoms with Crippen LogP contribution in [0.3, 0.4) is 0 Å². The quantitative estimate of drug-likeness (QED) is 0.626. The molecule has 0 heterocycles. The average Bonchev–Trinajstić information content (AvgIpc) is 2.63. The van der Waals surface area contributed by atoms with Crippen LogP contribution < -0.4 is 14.4 Å². The molecule has 2 rings (SSSR count). The lowest BCUT2D eigenvalue weighted by molar-refractivity contribution is -0.137. The smallest absolute Gasteiger partial charge is 0.416 e. The summed E-state index contributed by atoms with van der Waals surface area (Å²) in [6.45, 7) is -0.536. The van der Waals surface area contributed by atoms with Gasteiger partial charge in [0, 0.05) is 0 Å². The van der Waals surface area contributed by atoms with Crippen molar-refractivity contribution >= 4 is 33.2 Å². The van der Waals surface area contributed by atoms with E-state index in [1.54, 1.807) is 24.3 Å². The Bertz CT molecular complexity index is 953. The van der Waals surface area contributed by atoms with E-state index in [0.29, 0.717) is 16.1 Å². The first-order chi connectivity index (χ1) is 13.5. The van der Waals surface area contributed by atoms with Gasteiger partial charge < -0.3 is 10.1 Å². The molecule has 0 atom stereocenters. The third-order valence-electron chi connectivity index (χ3n) is 3.67. The molecule has 0 aliphatic carbocycles. The zero-order valence-electron chi connectivity index (χ0n) is 15.2. The van der Waals surface area contributed by atoms with Gasteiger partial charge in [0.15, 0.2) is 0 Å². The number of carbonyl (C=O) groups excluding carboxylic acids is 1. The number of alkyl halides is 3. The second kappa shape index (κ2) is 9.36. The molecular weight excluding hydrogens is 433 g/mol. The van der Waals surface area contributed by atoms with E-state index < -0.39 is 39.9 Å². The summed E-state index contributed by atoms with van der Waals surface area (Å²) in [7, 11) is -4.08. The topological polar surface area (TPSA) is 75.7 Å². The monoisotopic (exact) mass is 450 g/mol. The Balaban J connectivity index is 2.07. The maximum absolute atomic E-state index is 13.0. The largest absolute Gasteiger partial charge is 0.492 e. The molecule has 1 N–H and O–H groups in total. The predicted molar refractivity (Wildman–Crippen MR) is 104 cm³/mol.